The molecule has 2 aromatic carbocycles. The summed E-state index contributed by atoms with van der Waals surface area (Å²) in [6, 6.07) is 9.19. The lowest BCUT2D eigenvalue weighted by Crippen LogP contribution is -2.19. The van der Waals surface area contributed by atoms with Crippen molar-refractivity contribution in [1.29, 1.82) is 0 Å². The molecule has 0 aliphatic carbocycles. The van der Waals surface area contributed by atoms with E-state index in [0.29, 0.717) is 22.0 Å². The van der Waals surface area contributed by atoms with Crippen LogP contribution in [0, 0.1) is 11.6 Å². The summed E-state index contributed by atoms with van der Waals surface area (Å²) in [5.41, 5.74) is 1.64. The molecule has 0 saturated heterocycles. The number of nitrogens with one attached hydrogen (secondary N) is 1. The van der Waals surface area contributed by atoms with Crippen molar-refractivity contribution >= 4 is 23.2 Å². The zero-order chi connectivity index (χ0) is 14.7. The fourth-order valence-electron chi connectivity index (χ4n) is 2.02. The fourth-order valence-corrected chi connectivity index (χ4v) is 2.32. The molecule has 0 fully saturated rings. The zero-order valence-corrected chi connectivity index (χ0v) is 12.3. The number of hydrogen-bond acceptors (Lipinski definition) is 1. The standard InChI is InChI=1S/C15H13Cl2F2N/c1-20-15(10-3-4-11(16)12(17)8-10)7-9-2-5-13(18)14(19)6-9/h2-6,8,15,20H,7H2,1H3. The van der Waals surface area contributed by atoms with Crippen molar-refractivity contribution in [3.8, 4) is 0 Å². The number of hydrogen-bond donors (Lipinski definition) is 1. The van der Waals surface area contributed by atoms with Crippen LogP contribution in [0.25, 0.3) is 0 Å². The second-order valence-corrected chi connectivity index (χ2v) is 5.28. The molecule has 0 aliphatic heterocycles. The monoisotopic (exact) mass is 315 g/mol. The maximum Gasteiger partial charge on any atom is 0.159 e. The van der Waals surface area contributed by atoms with E-state index in [1.54, 1.807) is 25.2 Å². The molecule has 106 valence electrons. The number of halogens is 4. The van der Waals surface area contributed by atoms with Crippen molar-refractivity contribution in [2.24, 2.45) is 0 Å². The van der Waals surface area contributed by atoms with Gasteiger partial charge in [-0.1, -0.05) is 35.3 Å². The van der Waals surface area contributed by atoms with Crippen LogP contribution in [-0.2, 0) is 6.42 Å². The minimum Gasteiger partial charge on any atom is -0.313 e. The molecule has 1 atom stereocenters. The highest BCUT2D eigenvalue weighted by atomic mass is 35.5. The molecule has 5 heteroatoms. The van der Waals surface area contributed by atoms with Crippen molar-refractivity contribution in [2.45, 2.75) is 12.5 Å². The zero-order valence-electron chi connectivity index (χ0n) is 10.8. The van der Waals surface area contributed by atoms with Gasteiger partial charge in [-0.2, -0.15) is 0 Å². The summed E-state index contributed by atoms with van der Waals surface area (Å²) >= 11 is 11.9. The van der Waals surface area contributed by atoms with E-state index >= 15 is 0 Å². The Bertz CT molecular complexity index is 617. The van der Waals surface area contributed by atoms with Crippen molar-refractivity contribution in [1.82, 2.24) is 5.32 Å². The lowest BCUT2D eigenvalue weighted by Gasteiger charge is -2.17. The second kappa shape index (κ2) is 6.53. The van der Waals surface area contributed by atoms with E-state index in [2.05, 4.69) is 5.32 Å². The summed E-state index contributed by atoms with van der Waals surface area (Å²) < 4.78 is 26.1. The Balaban J connectivity index is 2.23. The van der Waals surface area contributed by atoms with Crippen LogP contribution < -0.4 is 5.32 Å². The third-order valence-corrected chi connectivity index (χ3v) is 3.86. The van der Waals surface area contributed by atoms with Gasteiger partial charge in [0.15, 0.2) is 11.6 Å². The molecular formula is C15H13Cl2F2N. The predicted molar refractivity (Wildman–Crippen MR) is 78.3 cm³/mol. The Morgan fingerprint density at radius 1 is 1.00 bits per heavy atom. The van der Waals surface area contributed by atoms with Crippen LogP contribution in [0.4, 0.5) is 8.78 Å². The van der Waals surface area contributed by atoms with Crippen LogP contribution in [0.5, 0.6) is 0 Å². The largest absolute Gasteiger partial charge is 0.313 e. The van der Waals surface area contributed by atoms with Crippen molar-refractivity contribution in [3.63, 3.8) is 0 Å². The van der Waals surface area contributed by atoms with Crippen LogP contribution >= 0.6 is 23.2 Å². The van der Waals surface area contributed by atoms with Crippen LogP contribution in [0.15, 0.2) is 36.4 Å². The summed E-state index contributed by atoms with van der Waals surface area (Å²) in [6.07, 6.45) is 0.520. The van der Waals surface area contributed by atoms with Crippen LogP contribution in [0.2, 0.25) is 10.0 Å². The molecule has 0 heterocycles. The molecule has 0 aromatic heterocycles. The molecule has 1 N–H and O–H groups in total. The van der Waals surface area contributed by atoms with Gasteiger partial charge in [0.2, 0.25) is 0 Å². The van der Waals surface area contributed by atoms with E-state index in [-0.39, 0.29) is 6.04 Å². The van der Waals surface area contributed by atoms with Gasteiger partial charge < -0.3 is 5.32 Å². The topological polar surface area (TPSA) is 12.0 Å². The van der Waals surface area contributed by atoms with E-state index in [0.717, 1.165) is 11.6 Å². The third kappa shape index (κ3) is 3.48. The summed E-state index contributed by atoms with van der Waals surface area (Å²) in [7, 11) is 1.80. The van der Waals surface area contributed by atoms with Gasteiger partial charge in [-0.25, -0.2) is 8.78 Å². The predicted octanol–water partition coefficient (Wildman–Crippen LogP) is 4.77. The molecule has 0 radical (unpaired) electrons. The normalized spacial score (nSPS) is 12.4. The van der Waals surface area contributed by atoms with Crippen LogP contribution in [0.3, 0.4) is 0 Å². The van der Waals surface area contributed by atoms with Crippen molar-refractivity contribution < 1.29 is 8.78 Å². The average Bonchev–Trinajstić information content (AvgIpc) is 2.43. The molecule has 0 aliphatic rings. The van der Waals surface area contributed by atoms with Gasteiger partial charge in [-0.15, -0.1) is 0 Å². The van der Waals surface area contributed by atoms with Crippen LogP contribution in [-0.4, -0.2) is 7.05 Å². The van der Waals surface area contributed by atoms with E-state index in [1.165, 1.54) is 6.07 Å². The Morgan fingerprint density at radius 3 is 2.35 bits per heavy atom. The Labute approximate surface area is 126 Å². The van der Waals surface area contributed by atoms with Crippen molar-refractivity contribution in [2.75, 3.05) is 7.05 Å². The molecule has 1 nitrogen and oxygen atoms in total. The number of likely N-dealkylation sites (N-methyl/N-ethyl adjacent to an activating group) is 1. The molecule has 2 aromatic rings. The minimum absolute atomic E-state index is 0.0605. The van der Waals surface area contributed by atoms with E-state index in [1.807, 2.05) is 6.07 Å². The minimum atomic E-state index is -0.843. The molecule has 0 bridgehead atoms. The summed E-state index contributed by atoms with van der Waals surface area (Å²) in [5.74, 6) is -1.68. The van der Waals surface area contributed by atoms with Gasteiger partial charge in [0.05, 0.1) is 10.0 Å². The first kappa shape index (κ1) is 15.2. The fraction of sp³-hybridized carbons (Fsp3) is 0.200. The highest BCUT2D eigenvalue weighted by Gasteiger charge is 2.13. The maximum absolute atomic E-state index is 13.2. The third-order valence-electron chi connectivity index (χ3n) is 3.12. The quantitative estimate of drug-likeness (QED) is 0.856. The summed E-state index contributed by atoms with van der Waals surface area (Å²) in [4.78, 5) is 0. The maximum atomic E-state index is 13.2. The van der Waals surface area contributed by atoms with Gasteiger partial charge in [-0.3, -0.25) is 0 Å². The highest BCUT2D eigenvalue weighted by molar-refractivity contribution is 6.42. The van der Waals surface area contributed by atoms with Gasteiger partial charge in [-0.05, 0) is 48.9 Å². The Kier molecular flexibility index (Phi) is 4.97. The smallest absolute Gasteiger partial charge is 0.159 e. The van der Waals surface area contributed by atoms with Crippen LogP contribution in [0.1, 0.15) is 17.2 Å². The van der Waals surface area contributed by atoms with E-state index in [9.17, 15) is 8.78 Å². The first-order chi connectivity index (χ1) is 9.51. The molecule has 0 saturated carbocycles. The second-order valence-electron chi connectivity index (χ2n) is 4.47. The number of rotatable bonds is 4. The lowest BCUT2D eigenvalue weighted by atomic mass is 9.99. The SMILES string of the molecule is CNC(Cc1ccc(F)c(F)c1)c1ccc(Cl)c(Cl)c1. The van der Waals surface area contributed by atoms with Gasteiger partial charge in [0.25, 0.3) is 0 Å². The van der Waals surface area contributed by atoms with Gasteiger partial charge in [0, 0.05) is 6.04 Å². The highest BCUT2D eigenvalue weighted by Crippen LogP contribution is 2.27. The summed E-state index contributed by atoms with van der Waals surface area (Å²) in [5, 5.41) is 4.08. The van der Waals surface area contributed by atoms with E-state index < -0.39 is 11.6 Å². The van der Waals surface area contributed by atoms with Crippen molar-refractivity contribution in [3.05, 3.63) is 69.2 Å². The first-order valence-electron chi connectivity index (χ1n) is 6.07. The van der Waals surface area contributed by atoms with E-state index in [4.69, 9.17) is 23.2 Å². The van der Waals surface area contributed by atoms with Gasteiger partial charge >= 0.3 is 0 Å². The molecule has 2 rings (SSSR count). The van der Waals surface area contributed by atoms with Gasteiger partial charge in [0.1, 0.15) is 0 Å². The molecule has 1 unspecified atom stereocenters. The molecule has 20 heavy (non-hydrogen) atoms. The average molecular weight is 316 g/mol. The Hall–Kier alpha value is -1.16. The molecule has 0 spiro atoms. The Morgan fingerprint density at radius 2 is 1.75 bits per heavy atom. The molecular weight excluding hydrogens is 303 g/mol. The molecule has 0 amide bonds. The first-order valence-corrected chi connectivity index (χ1v) is 6.83. The number of benzene rings is 2. The lowest BCUT2D eigenvalue weighted by molar-refractivity contribution is 0.504. The summed E-state index contributed by atoms with van der Waals surface area (Å²) in [6.45, 7) is 0.